The second-order valence-corrected chi connectivity index (χ2v) is 7.22. The molecule has 0 aliphatic carbocycles. The Hall–Kier alpha value is -2.50. The summed E-state index contributed by atoms with van der Waals surface area (Å²) in [4.78, 5) is 7.03. The van der Waals surface area contributed by atoms with Crippen molar-refractivity contribution in [3.63, 3.8) is 0 Å². The molecule has 0 radical (unpaired) electrons. The number of rotatable bonds is 6. The fourth-order valence-electron chi connectivity index (χ4n) is 3.63. The number of para-hydroxylation sites is 1. The number of nitrogens with zero attached hydrogens (tertiary/aromatic N) is 4. The first-order valence-electron chi connectivity index (χ1n) is 9.68. The minimum Gasteiger partial charge on any atom is -0.391 e. The van der Waals surface area contributed by atoms with Crippen molar-refractivity contribution in [1.29, 1.82) is 0 Å². The number of pyridine rings is 1. The highest BCUT2D eigenvalue weighted by atomic mass is 16.3. The molecule has 1 aromatic carbocycles. The van der Waals surface area contributed by atoms with E-state index in [1.165, 1.54) is 22.1 Å². The number of aromatic nitrogens is 3. The van der Waals surface area contributed by atoms with Crippen LogP contribution in [0.3, 0.4) is 0 Å². The zero-order chi connectivity index (χ0) is 18.6. The molecule has 27 heavy (non-hydrogen) atoms. The molecule has 0 bridgehead atoms. The van der Waals surface area contributed by atoms with Crippen molar-refractivity contribution in [2.75, 3.05) is 13.1 Å². The molecule has 3 heterocycles. The van der Waals surface area contributed by atoms with Crippen LogP contribution in [0, 0.1) is 0 Å². The summed E-state index contributed by atoms with van der Waals surface area (Å²) in [7, 11) is 0. The van der Waals surface area contributed by atoms with Gasteiger partial charge in [0.25, 0.3) is 0 Å². The molecule has 0 amide bonds. The highest BCUT2D eigenvalue weighted by molar-refractivity contribution is 5.81. The first kappa shape index (κ1) is 17.9. The van der Waals surface area contributed by atoms with Crippen molar-refractivity contribution < 1.29 is 5.11 Å². The van der Waals surface area contributed by atoms with Gasteiger partial charge in [-0.1, -0.05) is 37.3 Å². The summed E-state index contributed by atoms with van der Waals surface area (Å²) in [5, 5.41) is 15.4. The molecule has 1 aliphatic heterocycles. The van der Waals surface area contributed by atoms with Crippen LogP contribution in [0.25, 0.3) is 16.5 Å². The number of aliphatic hydroxyl groups is 1. The van der Waals surface area contributed by atoms with Gasteiger partial charge in [-0.2, -0.15) is 5.10 Å². The maximum atomic E-state index is 9.79. The average Bonchev–Trinajstić information content (AvgIpc) is 3.17. The standard InChI is InChI=1S/C22H26N4O/c1-2-21(27)16-26-15-20(13-24-26)17-8-11-25(12-9-17)14-19-6-3-5-18-7-4-10-23-22(18)19/h3-8,10,13,15,21,27H,2,9,11-12,14,16H2,1H3. The number of benzene rings is 1. The van der Waals surface area contributed by atoms with Gasteiger partial charge in [-0.15, -0.1) is 0 Å². The Morgan fingerprint density at radius 3 is 2.93 bits per heavy atom. The van der Waals surface area contributed by atoms with Crippen LogP contribution in [0.2, 0.25) is 0 Å². The van der Waals surface area contributed by atoms with Crippen LogP contribution in [0.15, 0.2) is 55.0 Å². The van der Waals surface area contributed by atoms with Gasteiger partial charge >= 0.3 is 0 Å². The number of fused-ring (bicyclic) bond motifs is 1. The Morgan fingerprint density at radius 2 is 2.11 bits per heavy atom. The molecule has 1 N–H and O–H groups in total. The second-order valence-electron chi connectivity index (χ2n) is 7.22. The van der Waals surface area contributed by atoms with Gasteiger partial charge in [0.15, 0.2) is 0 Å². The maximum absolute atomic E-state index is 9.79. The molecule has 2 aromatic heterocycles. The minimum absolute atomic E-state index is 0.331. The molecule has 5 heteroatoms. The molecule has 5 nitrogen and oxygen atoms in total. The molecule has 1 unspecified atom stereocenters. The molecule has 140 valence electrons. The number of aliphatic hydroxyl groups excluding tert-OH is 1. The van der Waals surface area contributed by atoms with E-state index in [-0.39, 0.29) is 6.10 Å². The van der Waals surface area contributed by atoms with E-state index >= 15 is 0 Å². The van der Waals surface area contributed by atoms with Crippen LogP contribution < -0.4 is 0 Å². The summed E-state index contributed by atoms with van der Waals surface area (Å²) in [6.45, 7) is 5.42. The van der Waals surface area contributed by atoms with Crippen molar-refractivity contribution in [2.45, 2.75) is 39.0 Å². The normalized spacial score (nSPS) is 16.4. The predicted molar refractivity (Wildman–Crippen MR) is 108 cm³/mol. The van der Waals surface area contributed by atoms with Crippen LogP contribution in [-0.2, 0) is 13.1 Å². The van der Waals surface area contributed by atoms with E-state index in [0.717, 1.165) is 38.0 Å². The summed E-state index contributed by atoms with van der Waals surface area (Å²) in [5.74, 6) is 0. The zero-order valence-corrected chi connectivity index (χ0v) is 15.8. The fourth-order valence-corrected chi connectivity index (χ4v) is 3.63. The van der Waals surface area contributed by atoms with Crippen LogP contribution in [0.4, 0.5) is 0 Å². The molecule has 4 rings (SSSR count). The zero-order valence-electron chi connectivity index (χ0n) is 15.8. The van der Waals surface area contributed by atoms with Gasteiger partial charge in [-0.05, 0) is 30.0 Å². The quantitative estimate of drug-likeness (QED) is 0.729. The van der Waals surface area contributed by atoms with Gasteiger partial charge in [0.05, 0.1) is 24.4 Å². The summed E-state index contributed by atoms with van der Waals surface area (Å²) in [6.07, 6.45) is 9.57. The molecule has 1 atom stereocenters. The van der Waals surface area contributed by atoms with Gasteiger partial charge in [0.1, 0.15) is 0 Å². The Labute approximate surface area is 160 Å². The van der Waals surface area contributed by atoms with E-state index in [0.29, 0.717) is 6.54 Å². The van der Waals surface area contributed by atoms with E-state index in [1.807, 2.05) is 30.1 Å². The van der Waals surface area contributed by atoms with Crippen molar-refractivity contribution in [1.82, 2.24) is 19.7 Å². The summed E-state index contributed by atoms with van der Waals surface area (Å²) in [5.41, 5.74) is 4.90. The molecular weight excluding hydrogens is 336 g/mol. The molecule has 0 saturated heterocycles. The second kappa shape index (κ2) is 8.03. The van der Waals surface area contributed by atoms with Crippen molar-refractivity contribution in [3.8, 4) is 0 Å². The van der Waals surface area contributed by atoms with Crippen molar-refractivity contribution >= 4 is 16.5 Å². The van der Waals surface area contributed by atoms with Crippen molar-refractivity contribution in [2.24, 2.45) is 0 Å². The average molecular weight is 362 g/mol. The highest BCUT2D eigenvalue weighted by Gasteiger charge is 2.16. The Bertz CT molecular complexity index is 941. The van der Waals surface area contributed by atoms with Gasteiger partial charge in [-0.25, -0.2) is 0 Å². The van der Waals surface area contributed by atoms with E-state index < -0.39 is 0 Å². The van der Waals surface area contributed by atoms with E-state index in [2.05, 4.69) is 51.5 Å². The summed E-state index contributed by atoms with van der Waals surface area (Å²) in [6, 6.07) is 10.5. The maximum Gasteiger partial charge on any atom is 0.0746 e. The van der Waals surface area contributed by atoms with Gasteiger partial charge < -0.3 is 5.11 Å². The van der Waals surface area contributed by atoms with Crippen LogP contribution in [0.5, 0.6) is 0 Å². The largest absolute Gasteiger partial charge is 0.391 e. The van der Waals surface area contributed by atoms with Crippen molar-refractivity contribution in [3.05, 3.63) is 66.1 Å². The lowest BCUT2D eigenvalue weighted by Gasteiger charge is -2.26. The molecule has 0 spiro atoms. The summed E-state index contributed by atoms with van der Waals surface area (Å²) < 4.78 is 1.85. The summed E-state index contributed by atoms with van der Waals surface area (Å²) >= 11 is 0. The first-order valence-corrected chi connectivity index (χ1v) is 9.68. The first-order chi connectivity index (χ1) is 13.2. The highest BCUT2D eigenvalue weighted by Crippen LogP contribution is 2.24. The number of hydrogen-bond acceptors (Lipinski definition) is 4. The van der Waals surface area contributed by atoms with Gasteiger partial charge in [-0.3, -0.25) is 14.6 Å². The lowest BCUT2D eigenvalue weighted by atomic mass is 10.0. The van der Waals surface area contributed by atoms with E-state index in [1.54, 1.807) is 0 Å². The Balaban J connectivity index is 1.43. The van der Waals surface area contributed by atoms with Gasteiger partial charge in [0, 0.05) is 43.0 Å². The van der Waals surface area contributed by atoms with Crippen LogP contribution >= 0.6 is 0 Å². The molecule has 0 saturated carbocycles. The molecule has 0 fully saturated rings. The van der Waals surface area contributed by atoms with Crippen LogP contribution in [-0.4, -0.2) is 44.0 Å². The van der Waals surface area contributed by atoms with E-state index in [9.17, 15) is 5.11 Å². The molecule has 1 aliphatic rings. The SMILES string of the molecule is CCC(O)Cn1cc(C2=CCN(Cc3cccc4cccnc34)CC2)cn1. The molecular formula is C22H26N4O. The number of hydrogen-bond donors (Lipinski definition) is 1. The van der Waals surface area contributed by atoms with Gasteiger partial charge in [0.2, 0.25) is 0 Å². The fraction of sp³-hybridized carbons (Fsp3) is 0.364. The topological polar surface area (TPSA) is 54.2 Å². The third-order valence-corrected chi connectivity index (χ3v) is 5.28. The third kappa shape index (κ3) is 4.10. The predicted octanol–water partition coefficient (Wildman–Crippen LogP) is 3.49. The van der Waals surface area contributed by atoms with E-state index in [4.69, 9.17) is 0 Å². The lowest BCUT2D eigenvalue weighted by Crippen LogP contribution is -2.28. The Kier molecular flexibility index (Phi) is 5.32. The minimum atomic E-state index is -0.331. The lowest BCUT2D eigenvalue weighted by molar-refractivity contribution is 0.145. The smallest absolute Gasteiger partial charge is 0.0746 e. The third-order valence-electron chi connectivity index (χ3n) is 5.28. The van der Waals surface area contributed by atoms with Crippen LogP contribution in [0.1, 0.15) is 30.9 Å². The Morgan fingerprint density at radius 1 is 1.22 bits per heavy atom. The molecule has 3 aromatic rings. The monoisotopic (exact) mass is 362 g/mol.